The molecule has 2 heterocycles. The number of rotatable bonds is 5. The first-order valence-corrected chi connectivity index (χ1v) is 9.10. The quantitative estimate of drug-likeness (QED) is 0.324. The minimum absolute atomic E-state index is 0.110. The summed E-state index contributed by atoms with van der Waals surface area (Å²) in [6, 6.07) is 6.70. The molecule has 8 nitrogen and oxygen atoms in total. The second-order valence-electron chi connectivity index (χ2n) is 5.91. The first-order chi connectivity index (χ1) is 13.3. The lowest BCUT2D eigenvalue weighted by Crippen LogP contribution is -2.45. The van der Waals surface area contributed by atoms with Crippen LogP contribution >= 0.6 is 23.8 Å². The van der Waals surface area contributed by atoms with Crippen LogP contribution in [0.4, 0.5) is 5.69 Å². The zero-order chi connectivity index (χ0) is 20.4. The minimum Gasteiger partial charge on any atom is -0.463 e. The monoisotopic (exact) mass is 421 g/mol. The summed E-state index contributed by atoms with van der Waals surface area (Å²) in [5.74, 6) is 0.221. The maximum Gasteiger partial charge on any atom is 0.338 e. The number of furan rings is 1. The van der Waals surface area contributed by atoms with Gasteiger partial charge in [0.15, 0.2) is 5.11 Å². The summed E-state index contributed by atoms with van der Waals surface area (Å²) in [5, 5.41) is 17.6. The van der Waals surface area contributed by atoms with Crippen molar-refractivity contribution < 1.29 is 18.9 Å². The molecule has 146 valence electrons. The number of carbonyl (C=O) groups is 1. The van der Waals surface area contributed by atoms with Crippen molar-refractivity contribution in [2.45, 2.75) is 19.9 Å². The molecule has 0 fully saturated rings. The summed E-state index contributed by atoms with van der Waals surface area (Å²) in [6.45, 7) is 3.65. The third-order valence-electron chi connectivity index (χ3n) is 4.10. The SMILES string of the molecule is CCOC(=O)C1=C(C)NC(=S)NC1c1ccc(-c2cc([N+](=O)[O-])ccc2Cl)o1. The molecule has 0 saturated heterocycles. The Morgan fingerprint density at radius 2 is 2.14 bits per heavy atom. The normalized spacial score (nSPS) is 16.4. The number of nitrogens with zero attached hydrogens (tertiary/aromatic N) is 1. The Kier molecular flexibility index (Phi) is 5.66. The van der Waals surface area contributed by atoms with Gasteiger partial charge in [0.2, 0.25) is 0 Å². The van der Waals surface area contributed by atoms with Crippen LogP contribution in [-0.2, 0) is 9.53 Å². The van der Waals surface area contributed by atoms with E-state index in [-0.39, 0.29) is 12.3 Å². The van der Waals surface area contributed by atoms with Crippen LogP contribution in [-0.4, -0.2) is 22.6 Å². The number of hydrogen-bond acceptors (Lipinski definition) is 6. The standard InChI is InChI=1S/C18H16ClN3O5S/c1-3-26-17(23)15-9(2)20-18(28)21-16(15)14-7-6-13(27-14)11-8-10(22(24)25)4-5-12(11)19/h4-8,16H,3H2,1-2H3,(H2,20,21,28). The highest BCUT2D eigenvalue weighted by Crippen LogP contribution is 2.36. The Hall–Kier alpha value is -2.91. The van der Waals surface area contributed by atoms with Crippen LogP contribution in [0, 0.1) is 10.1 Å². The molecule has 1 aliphatic heterocycles. The number of hydrogen-bond donors (Lipinski definition) is 2. The van der Waals surface area contributed by atoms with Crippen LogP contribution in [0.15, 0.2) is 46.0 Å². The number of ether oxygens (including phenoxy) is 1. The van der Waals surface area contributed by atoms with Crippen molar-refractivity contribution in [2.24, 2.45) is 0 Å². The Bertz CT molecular complexity index is 1000. The summed E-state index contributed by atoms with van der Waals surface area (Å²) < 4.78 is 11.0. The smallest absolute Gasteiger partial charge is 0.338 e. The molecule has 1 atom stereocenters. The zero-order valence-electron chi connectivity index (χ0n) is 14.9. The molecule has 0 radical (unpaired) electrons. The van der Waals surface area contributed by atoms with Gasteiger partial charge < -0.3 is 19.8 Å². The summed E-state index contributed by atoms with van der Waals surface area (Å²) in [6.07, 6.45) is 0. The molecule has 3 rings (SSSR count). The van der Waals surface area contributed by atoms with Gasteiger partial charge >= 0.3 is 5.97 Å². The Labute approximate surface area is 170 Å². The van der Waals surface area contributed by atoms with Gasteiger partial charge in [-0.05, 0) is 44.3 Å². The molecular weight excluding hydrogens is 406 g/mol. The van der Waals surface area contributed by atoms with E-state index in [2.05, 4.69) is 10.6 Å². The predicted octanol–water partition coefficient (Wildman–Crippen LogP) is 3.86. The molecule has 0 bridgehead atoms. The Morgan fingerprint density at radius 1 is 1.39 bits per heavy atom. The van der Waals surface area contributed by atoms with E-state index < -0.39 is 16.9 Å². The molecular formula is C18H16ClN3O5S. The van der Waals surface area contributed by atoms with E-state index in [1.165, 1.54) is 18.2 Å². The van der Waals surface area contributed by atoms with Crippen LogP contribution in [0.3, 0.4) is 0 Å². The number of thiocarbonyl (C=S) groups is 1. The average molecular weight is 422 g/mol. The van der Waals surface area contributed by atoms with Crippen molar-refractivity contribution in [1.82, 2.24) is 10.6 Å². The van der Waals surface area contributed by atoms with Gasteiger partial charge in [-0.2, -0.15) is 0 Å². The fraction of sp³-hybridized carbons (Fsp3) is 0.222. The predicted molar refractivity (Wildman–Crippen MR) is 107 cm³/mol. The molecule has 10 heteroatoms. The van der Waals surface area contributed by atoms with Crippen LogP contribution in [0.2, 0.25) is 5.02 Å². The van der Waals surface area contributed by atoms with Crippen LogP contribution in [0.1, 0.15) is 25.6 Å². The molecule has 2 N–H and O–H groups in total. The molecule has 0 amide bonds. The maximum atomic E-state index is 12.4. The topological polar surface area (TPSA) is 107 Å². The number of non-ortho nitro benzene ring substituents is 1. The molecule has 1 aliphatic rings. The van der Waals surface area contributed by atoms with Crippen molar-refractivity contribution in [3.63, 3.8) is 0 Å². The second-order valence-corrected chi connectivity index (χ2v) is 6.73. The number of nitro benzene ring substituents is 1. The third kappa shape index (κ3) is 3.85. The Balaban J connectivity index is 2.02. The fourth-order valence-electron chi connectivity index (χ4n) is 2.86. The van der Waals surface area contributed by atoms with E-state index in [1.54, 1.807) is 26.0 Å². The number of esters is 1. The minimum atomic E-state index is -0.668. The van der Waals surface area contributed by atoms with Gasteiger partial charge in [0.1, 0.15) is 17.6 Å². The van der Waals surface area contributed by atoms with E-state index in [9.17, 15) is 14.9 Å². The van der Waals surface area contributed by atoms with Gasteiger partial charge in [0.25, 0.3) is 5.69 Å². The highest BCUT2D eigenvalue weighted by atomic mass is 35.5. The van der Waals surface area contributed by atoms with Gasteiger partial charge in [0, 0.05) is 23.4 Å². The summed E-state index contributed by atoms with van der Waals surface area (Å²) in [5.41, 5.74) is 1.15. The molecule has 0 saturated carbocycles. The lowest BCUT2D eigenvalue weighted by Gasteiger charge is -2.28. The Morgan fingerprint density at radius 3 is 2.82 bits per heavy atom. The molecule has 1 aromatic heterocycles. The molecule has 0 aliphatic carbocycles. The summed E-state index contributed by atoms with van der Waals surface area (Å²) in [7, 11) is 0. The first-order valence-electron chi connectivity index (χ1n) is 8.31. The van der Waals surface area contributed by atoms with Gasteiger partial charge in [-0.1, -0.05) is 11.6 Å². The number of allylic oxidation sites excluding steroid dienone is 1. The largest absolute Gasteiger partial charge is 0.463 e. The average Bonchev–Trinajstić information content (AvgIpc) is 3.11. The van der Waals surface area contributed by atoms with E-state index in [0.717, 1.165) is 0 Å². The van der Waals surface area contributed by atoms with E-state index in [4.69, 9.17) is 33.0 Å². The number of benzene rings is 1. The summed E-state index contributed by atoms with van der Waals surface area (Å²) in [4.78, 5) is 22.9. The van der Waals surface area contributed by atoms with E-state index in [1.807, 2.05) is 0 Å². The van der Waals surface area contributed by atoms with Crippen LogP contribution < -0.4 is 10.6 Å². The number of nitro groups is 1. The molecule has 28 heavy (non-hydrogen) atoms. The van der Waals surface area contributed by atoms with Gasteiger partial charge in [0.05, 0.1) is 22.1 Å². The highest BCUT2D eigenvalue weighted by Gasteiger charge is 2.33. The maximum absolute atomic E-state index is 12.4. The third-order valence-corrected chi connectivity index (χ3v) is 4.65. The van der Waals surface area contributed by atoms with Crippen molar-refractivity contribution in [3.8, 4) is 11.3 Å². The lowest BCUT2D eigenvalue weighted by atomic mass is 10.0. The van der Waals surface area contributed by atoms with Crippen molar-refractivity contribution in [1.29, 1.82) is 0 Å². The molecule has 1 aromatic carbocycles. The highest BCUT2D eigenvalue weighted by molar-refractivity contribution is 7.80. The van der Waals surface area contributed by atoms with Crippen LogP contribution in [0.5, 0.6) is 0 Å². The number of halogens is 1. The number of nitrogens with one attached hydrogen (secondary N) is 2. The van der Waals surface area contributed by atoms with Gasteiger partial charge in [-0.3, -0.25) is 10.1 Å². The van der Waals surface area contributed by atoms with Crippen molar-refractivity contribution >= 4 is 40.6 Å². The zero-order valence-corrected chi connectivity index (χ0v) is 16.5. The van der Waals surface area contributed by atoms with Crippen LogP contribution in [0.25, 0.3) is 11.3 Å². The number of carbonyl (C=O) groups excluding carboxylic acids is 1. The molecule has 1 unspecified atom stereocenters. The van der Waals surface area contributed by atoms with E-state index >= 15 is 0 Å². The molecule has 0 spiro atoms. The lowest BCUT2D eigenvalue weighted by molar-refractivity contribution is -0.384. The van der Waals surface area contributed by atoms with Crippen molar-refractivity contribution in [2.75, 3.05) is 6.61 Å². The summed E-state index contributed by atoms with van der Waals surface area (Å²) >= 11 is 11.4. The van der Waals surface area contributed by atoms with Crippen molar-refractivity contribution in [3.05, 3.63) is 62.5 Å². The van der Waals surface area contributed by atoms with Gasteiger partial charge in [-0.25, -0.2) is 4.79 Å². The van der Waals surface area contributed by atoms with E-state index in [0.29, 0.717) is 38.5 Å². The van der Waals surface area contributed by atoms with Gasteiger partial charge in [-0.15, -0.1) is 0 Å². The second kappa shape index (κ2) is 7.99. The molecule has 2 aromatic rings. The first kappa shape index (κ1) is 19.8. The fourth-order valence-corrected chi connectivity index (χ4v) is 3.34.